The zero-order chi connectivity index (χ0) is 18.0. The average molecular weight is 359 g/mol. The monoisotopic (exact) mass is 359 g/mol. The topological polar surface area (TPSA) is 87.2 Å². The van der Waals surface area contributed by atoms with E-state index in [9.17, 15) is 13.7 Å². The number of nitrogens with zero attached hydrogens (tertiary/aromatic N) is 3. The van der Waals surface area contributed by atoms with Crippen molar-refractivity contribution in [1.82, 2.24) is 4.98 Å². The first-order valence-corrected chi connectivity index (χ1v) is 9.84. The number of anilines is 1. The number of oxazole rings is 1. The second-order valence-electron chi connectivity index (χ2n) is 6.44. The lowest BCUT2D eigenvalue weighted by atomic mass is 9.89. The molecule has 0 atom stereocenters. The largest absolute Gasteiger partial charge is 0.422 e. The molecule has 1 aromatic carbocycles. The van der Waals surface area contributed by atoms with Crippen LogP contribution in [0.5, 0.6) is 0 Å². The van der Waals surface area contributed by atoms with E-state index in [1.165, 1.54) is 13.5 Å². The molecule has 2 aromatic rings. The highest BCUT2D eigenvalue weighted by Crippen LogP contribution is 2.36. The van der Waals surface area contributed by atoms with Crippen LogP contribution >= 0.6 is 0 Å². The number of benzene rings is 1. The summed E-state index contributed by atoms with van der Waals surface area (Å²) in [5, 5.41) is 9.36. The van der Waals surface area contributed by atoms with Crippen LogP contribution in [0.2, 0.25) is 0 Å². The van der Waals surface area contributed by atoms with Crippen molar-refractivity contribution in [2.24, 2.45) is 0 Å². The zero-order valence-electron chi connectivity index (χ0n) is 14.4. The smallest absolute Gasteiger partial charge is 0.266 e. The van der Waals surface area contributed by atoms with Crippen LogP contribution in [0.3, 0.4) is 0 Å². The van der Waals surface area contributed by atoms with Gasteiger partial charge in [0.2, 0.25) is 17.5 Å². The quantitative estimate of drug-likeness (QED) is 0.830. The Labute approximate surface area is 148 Å². The summed E-state index contributed by atoms with van der Waals surface area (Å²) in [6, 6.07) is 8.52. The lowest BCUT2D eigenvalue weighted by Gasteiger charge is -2.19. The molecule has 1 heterocycles. The fourth-order valence-corrected chi connectivity index (χ4v) is 4.25. The van der Waals surface area contributed by atoms with Gasteiger partial charge in [0.15, 0.2) is 0 Å². The summed E-state index contributed by atoms with van der Waals surface area (Å²) in [6.45, 7) is 1.89. The Kier molecular flexibility index (Phi) is 4.82. The minimum Gasteiger partial charge on any atom is -0.422 e. The molecule has 1 aliphatic rings. The Balaban J connectivity index is 1.96. The molecule has 1 aliphatic carbocycles. The van der Waals surface area contributed by atoms with Gasteiger partial charge in [0.1, 0.15) is 6.07 Å². The number of nitriles is 1. The van der Waals surface area contributed by atoms with E-state index in [4.69, 9.17) is 4.42 Å². The maximum atomic E-state index is 12.8. The highest BCUT2D eigenvalue weighted by Gasteiger charge is 2.30. The molecule has 6 nitrogen and oxygen atoms in total. The van der Waals surface area contributed by atoms with Gasteiger partial charge in [0.05, 0.1) is 4.90 Å². The number of aryl methyl sites for hydroxylation is 1. The van der Waals surface area contributed by atoms with E-state index in [1.54, 1.807) is 24.3 Å². The summed E-state index contributed by atoms with van der Waals surface area (Å²) in [5.74, 6) is 0.617. The standard InChI is InChI=1S/C18H21N3O3S/c1-13-8-10-15(11-9-13)25(22,23)21(2)18-16(12-19)20-17(24-18)14-6-4-3-5-7-14/h8-11,14H,3-7H2,1-2H3. The van der Waals surface area contributed by atoms with Crippen molar-refractivity contribution in [1.29, 1.82) is 5.26 Å². The third kappa shape index (κ3) is 3.40. The first-order valence-electron chi connectivity index (χ1n) is 8.40. The zero-order valence-corrected chi connectivity index (χ0v) is 15.2. The number of aromatic nitrogens is 1. The van der Waals surface area contributed by atoms with E-state index in [-0.39, 0.29) is 22.4 Å². The lowest BCUT2D eigenvalue weighted by Crippen LogP contribution is -2.26. The fraction of sp³-hybridized carbons (Fsp3) is 0.444. The van der Waals surface area contributed by atoms with E-state index in [0.717, 1.165) is 35.6 Å². The molecule has 0 unspecified atom stereocenters. The summed E-state index contributed by atoms with van der Waals surface area (Å²) < 4.78 is 32.4. The van der Waals surface area contributed by atoms with Gasteiger partial charge in [-0.2, -0.15) is 5.26 Å². The molecule has 1 aromatic heterocycles. The van der Waals surface area contributed by atoms with Crippen molar-refractivity contribution in [3.8, 4) is 6.07 Å². The van der Waals surface area contributed by atoms with Crippen molar-refractivity contribution in [2.75, 3.05) is 11.4 Å². The summed E-state index contributed by atoms with van der Waals surface area (Å²) in [4.78, 5) is 4.41. The first-order chi connectivity index (χ1) is 11.9. The average Bonchev–Trinajstić information content (AvgIpc) is 3.06. The summed E-state index contributed by atoms with van der Waals surface area (Å²) in [7, 11) is -2.42. The highest BCUT2D eigenvalue weighted by molar-refractivity contribution is 7.92. The van der Waals surface area contributed by atoms with Gasteiger partial charge in [-0.1, -0.05) is 37.0 Å². The van der Waals surface area contributed by atoms with Crippen LogP contribution in [0.1, 0.15) is 55.2 Å². The third-order valence-corrected chi connectivity index (χ3v) is 6.41. The fourth-order valence-electron chi connectivity index (χ4n) is 3.12. The second-order valence-corrected chi connectivity index (χ2v) is 8.41. The number of hydrogen-bond acceptors (Lipinski definition) is 5. The Morgan fingerprint density at radius 2 is 1.84 bits per heavy atom. The van der Waals surface area contributed by atoms with Crippen molar-refractivity contribution in [2.45, 2.75) is 49.8 Å². The molecule has 0 aliphatic heterocycles. The van der Waals surface area contributed by atoms with Gasteiger partial charge in [-0.15, -0.1) is 0 Å². The van der Waals surface area contributed by atoms with Crippen LogP contribution in [0, 0.1) is 18.3 Å². The maximum Gasteiger partial charge on any atom is 0.266 e. The van der Waals surface area contributed by atoms with Crippen molar-refractivity contribution >= 4 is 15.9 Å². The molecule has 0 N–H and O–H groups in total. The molecule has 3 rings (SSSR count). The van der Waals surface area contributed by atoms with Crippen LogP contribution in [-0.4, -0.2) is 20.4 Å². The Bertz CT molecular complexity index is 889. The van der Waals surface area contributed by atoms with Crippen LogP contribution in [0.15, 0.2) is 33.6 Å². The molecule has 0 amide bonds. The molecule has 1 saturated carbocycles. The van der Waals surface area contributed by atoms with Crippen LogP contribution in [-0.2, 0) is 10.0 Å². The summed E-state index contributed by atoms with van der Waals surface area (Å²) >= 11 is 0. The molecule has 1 fully saturated rings. The van der Waals surface area contributed by atoms with Crippen LogP contribution < -0.4 is 4.31 Å². The first kappa shape index (κ1) is 17.5. The van der Waals surface area contributed by atoms with Gasteiger partial charge in [-0.05, 0) is 31.9 Å². The minimum absolute atomic E-state index is 0.0105. The number of hydrogen-bond donors (Lipinski definition) is 0. The molecule has 0 saturated heterocycles. The number of rotatable bonds is 4. The molecular formula is C18H21N3O3S. The second kappa shape index (κ2) is 6.89. The van der Waals surface area contributed by atoms with E-state index in [0.29, 0.717) is 5.89 Å². The molecular weight excluding hydrogens is 338 g/mol. The van der Waals surface area contributed by atoms with Crippen LogP contribution in [0.4, 0.5) is 5.88 Å². The minimum atomic E-state index is -3.81. The van der Waals surface area contributed by atoms with Crippen molar-refractivity contribution in [3.05, 3.63) is 41.4 Å². The van der Waals surface area contributed by atoms with Crippen molar-refractivity contribution in [3.63, 3.8) is 0 Å². The molecule has 25 heavy (non-hydrogen) atoms. The molecule has 7 heteroatoms. The molecule has 0 bridgehead atoms. The normalized spacial score (nSPS) is 15.7. The highest BCUT2D eigenvalue weighted by atomic mass is 32.2. The predicted molar refractivity (Wildman–Crippen MR) is 93.8 cm³/mol. The van der Waals surface area contributed by atoms with Gasteiger partial charge in [0.25, 0.3) is 10.0 Å². The van der Waals surface area contributed by atoms with Gasteiger partial charge >= 0.3 is 0 Å². The van der Waals surface area contributed by atoms with E-state index in [1.807, 2.05) is 13.0 Å². The Morgan fingerprint density at radius 3 is 2.44 bits per heavy atom. The third-order valence-electron chi connectivity index (χ3n) is 4.65. The van der Waals surface area contributed by atoms with Crippen molar-refractivity contribution < 1.29 is 12.8 Å². The summed E-state index contributed by atoms with van der Waals surface area (Å²) in [5.41, 5.74) is 0.984. The Hall–Kier alpha value is -2.33. The van der Waals surface area contributed by atoms with Crippen LogP contribution in [0.25, 0.3) is 0 Å². The van der Waals surface area contributed by atoms with Gasteiger partial charge in [0, 0.05) is 13.0 Å². The van der Waals surface area contributed by atoms with Gasteiger partial charge in [-0.25, -0.2) is 17.7 Å². The van der Waals surface area contributed by atoms with Gasteiger partial charge < -0.3 is 4.42 Å². The molecule has 132 valence electrons. The summed E-state index contributed by atoms with van der Waals surface area (Å²) in [6.07, 6.45) is 5.30. The lowest BCUT2D eigenvalue weighted by molar-refractivity contribution is 0.366. The SMILES string of the molecule is Cc1ccc(S(=O)(=O)N(C)c2oc(C3CCCCC3)nc2C#N)cc1. The molecule has 0 spiro atoms. The number of sulfonamides is 1. The molecule has 0 radical (unpaired) electrons. The predicted octanol–water partition coefficient (Wildman–Crippen LogP) is 3.73. The van der Waals surface area contributed by atoms with E-state index < -0.39 is 10.0 Å². The Morgan fingerprint density at radius 1 is 1.20 bits per heavy atom. The van der Waals surface area contributed by atoms with Gasteiger partial charge in [-0.3, -0.25) is 0 Å². The maximum absolute atomic E-state index is 12.8. The van der Waals surface area contributed by atoms with E-state index in [2.05, 4.69) is 4.98 Å². The van der Waals surface area contributed by atoms with E-state index >= 15 is 0 Å².